The van der Waals surface area contributed by atoms with Gasteiger partial charge in [-0.1, -0.05) is 0 Å². The van der Waals surface area contributed by atoms with E-state index in [1.165, 1.54) is 18.9 Å². The number of nitrogens with zero attached hydrogens (tertiary/aromatic N) is 4. The molecule has 0 radical (unpaired) electrons. The third-order valence-electron chi connectivity index (χ3n) is 3.64. The number of anilines is 1. The number of alkyl halides is 3. The number of piperazine rings is 1. The van der Waals surface area contributed by atoms with Crippen molar-refractivity contribution in [2.75, 3.05) is 31.1 Å². The molecule has 1 aromatic heterocycles. The molecule has 3 rings (SSSR count). The van der Waals surface area contributed by atoms with E-state index in [0.717, 1.165) is 38.3 Å². The quantitative estimate of drug-likeness (QED) is 0.821. The van der Waals surface area contributed by atoms with Crippen molar-refractivity contribution in [1.82, 2.24) is 15.1 Å². The number of rotatable bonds is 2. The van der Waals surface area contributed by atoms with Crippen LogP contribution >= 0.6 is 0 Å². The molecular formula is C12H15F3N4. The van der Waals surface area contributed by atoms with Crippen LogP contribution < -0.4 is 4.90 Å². The molecule has 104 valence electrons. The molecule has 0 N–H and O–H groups in total. The molecule has 0 atom stereocenters. The SMILES string of the molecule is FC(F)(F)c1ccc(N2CCN(C3CC3)CC2)nn1. The summed E-state index contributed by atoms with van der Waals surface area (Å²) in [5.74, 6) is 0.531. The third kappa shape index (κ3) is 2.80. The van der Waals surface area contributed by atoms with Crippen molar-refractivity contribution in [2.24, 2.45) is 0 Å². The Bertz CT molecular complexity index is 433. The highest BCUT2D eigenvalue weighted by atomic mass is 19.4. The highest BCUT2D eigenvalue weighted by Gasteiger charge is 2.34. The Labute approximate surface area is 109 Å². The summed E-state index contributed by atoms with van der Waals surface area (Å²) >= 11 is 0. The van der Waals surface area contributed by atoms with Crippen molar-refractivity contribution in [3.63, 3.8) is 0 Å². The Morgan fingerprint density at radius 2 is 1.68 bits per heavy atom. The minimum absolute atomic E-state index is 0.531. The molecule has 0 spiro atoms. The summed E-state index contributed by atoms with van der Waals surface area (Å²) in [6.07, 6.45) is -1.86. The van der Waals surface area contributed by atoms with Gasteiger partial charge in [-0.05, 0) is 25.0 Å². The molecule has 0 bridgehead atoms. The van der Waals surface area contributed by atoms with E-state index in [-0.39, 0.29) is 0 Å². The highest BCUT2D eigenvalue weighted by Crippen LogP contribution is 2.29. The van der Waals surface area contributed by atoms with Crippen LogP contribution in [0, 0.1) is 0 Å². The number of halogens is 3. The van der Waals surface area contributed by atoms with Crippen LogP contribution in [0.4, 0.5) is 19.0 Å². The first-order valence-electron chi connectivity index (χ1n) is 6.44. The second kappa shape index (κ2) is 4.63. The van der Waals surface area contributed by atoms with Crippen molar-refractivity contribution in [2.45, 2.75) is 25.1 Å². The molecule has 0 unspecified atom stereocenters. The van der Waals surface area contributed by atoms with Crippen molar-refractivity contribution in [3.05, 3.63) is 17.8 Å². The second-order valence-electron chi connectivity index (χ2n) is 5.03. The predicted octanol–water partition coefficient (Wildman–Crippen LogP) is 1.78. The lowest BCUT2D eigenvalue weighted by Gasteiger charge is -2.35. The molecule has 1 saturated carbocycles. The van der Waals surface area contributed by atoms with E-state index in [9.17, 15) is 13.2 Å². The zero-order valence-corrected chi connectivity index (χ0v) is 10.4. The minimum atomic E-state index is -4.42. The fraction of sp³-hybridized carbons (Fsp3) is 0.667. The first kappa shape index (κ1) is 12.7. The van der Waals surface area contributed by atoms with Gasteiger partial charge in [-0.15, -0.1) is 10.2 Å². The molecule has 2 fully saturated rings. The monoisotopic (exact) mass is 272 g/mol. The van der Waals surface area contributed by atoms with Crippen molar-refractivity contribution >= 4 is 5.82 Å². The largest absolute Gasteiger partial charge is 0.435 e. The van der Waals surface area contributed by atoms with Gasteiger partial charge in [0.25, 0.3) is 0 Å². The molecule has 1 aliphatic heterocycles. The zero-order chi connectivity index (χ0) is 13.5. The van der Waals surface area contributed by atoms with Gasteiger partial charge in [0.2, 0.25) is 0 Å². The van der Waals surface area contributed by atoms with Crippen LogP contribution in [0.25, 0.3) is 0 Å². The van der Waals surface area contributed by atoms with Gasteiger partial charge < -0.3 is 4.90 Å². The molecular weight excluding hydrogens is 257 g/mol. The van der Waals surface area contributed by atoms with Gasteiger partial charge in [-0.2, -0.15) is 13.2 Å². The molecule has 2 aliphatic rings. The second-order valence-corrected chi connectivity index (χ2v) is 5.03. The fourth-order valence-electron chi connectivity index (χ4n) is 2.40. The maximum atomic E-state index is 12.4. The number of hydrogen-bond donors (Lipinski definition) is 0. The standard InChI is InChI=1S/C12H15F3N4/c13-12(14,15)10-3-4-11(17-16-10)19-7-5-18(6-8-19)9-1-2-9/h3-4,9H,1-2,5-8H2. The van der Waals surface area contributed by atoms with E-state index in [1.807, 2.05) is 4.90 Å². The zero-order valence-electron chi connectivity index (χ0n) is 10.4. The maximum absolute atomic E-state index is 12.4. The Balaban J connectivity index is 1.63. The Morgan fingerprint density at radius 1 is 1.00 bits per heavy atom. The molecule has 1 aliphatic carbocycles. The predicted molar refractivity (Wildman–Crippen MR) is 63.8 cm³/mol. The topological polar surface area (TPSA) is 32.3 Å². The van der Waals surface area contributed by atoms with E-state index < -0.39 is 11.9 Å². The van der Waals surface area contributed by atoms with Crippen molar-refractivity contribution in [3.8, 4) is 0 Å². The Kier molecular flexibility index (Phi) is 3.08. The molecule has 19 heavy (non-hydrogen) atoms. The van der Waals surface area contributed by atoms with Crippen molar-refractivity contribution in [1.29, 1.82) is 0 Å². The summed E-state index contributed by atoms with van der Waals surface area (Å²) in [5, 5.41) is 6.95. The van der Waals surface area contributed by atoms with Gasteiger partial charge in [0.15, 0.2) is 11.5 Å². The van der Waals surface area contributed by atoms with Gasteiger partial charge in [-0.25, -0.2) is 0 Å². The Hall–Kier alpha value is -1.37. The Morgan fingerprint density at radius 3 is 2.16 bits per heavy atom. The van der Waals surface area contributed by atoms with Gasteiger partial charge in [-0.3, -0.25) is 4.90 Å². The van der Waals surface area contributed by atoms with Crippen LogP contribution in [-0.2, 0) is 6.18 Å². The lowest BCUT2D eigenvalue weighted by Crippen LogP contribution is -2.47. The maximum Gasteiger partial charge on any atom is 0.435 e. The lowest BCUT2D eigenvalue weighted by atomic mass is 10.3. The van der Waals surface area contributed by atoms with E-state index in [4.69, 9.17) is 0 Å². The summed E-state index contributed by atoms with van der Waals surface area (Å²) in [7, 11) is 0. The summed E-state index contributed by atoms with van der Waals surface area (Å²) in [6.45, 7) is 3.51. The third-order valence-corrected chi connectivity index (χ3v) is 3.64. The van der Waals surface area contributed by atoms with Crippen LogP contribution in [0.3, 0.4) is 0 Å². The molecule has 1 saturated heterocycles. The van der Waals surface area contributed by atoms with Gasteiger partial charge in [0, 0.05) is 32.2 Å². The molecule has 0 amide bonds. The van der Waals surface area contributed by atoms with Crippen molar-refractivity contribution < 1.29 is 13.2 Å². The molecule has 0 aromatic carbocycles. The van der Waals surface area contributed by atoms with E-state index >= 15 is 0 Å². The summed E-state index contributed by atoms with van der Waals surface area (Å²) in [4.78, 5) is 4.43. The highest BCUT2D eigenvalue weighted by molar-refractivity contribution is 5.38. The van der Waals surface area contributed by atoms with Crippen LogP contribution in [0.15, 0.2) is 12.1 Å². The average Bonchev–Trinajstić information content (AvgIpc) is 3.22. The van der Waals surface area contributed by atoms with Crippen LogP contribution in [0.1, 0.15) is 18.5 Å². The van der Waals surface area contributed by atoms with Gasteiger partial charge in [0.05, 0.1) is 0 Å². The smallest absolute Gasteiger partial charge is 0.353 e. The van der Waals surface area contributed by atoms with Gasteiger partial charge >= 0.3 is 6.18 Å². The van der Waals surface area contributed by atoms with E-state index in [0.29, 0.717) is 5.82 Å². The normalized spacial score (nSPS) is 21.7. The lowest BCUT2D eigenvalue weighted by molar-refractivity contribution is -0.141. The molecule has 2 heterocycles. The van der Waals surface area contributed by atoms with Crippen LogP contribution in [-0.4, -0.2) is 47.3 Å². The minimum Gasteiger partial charge on any atom is -0.353 e. The summed E-state index contributed by atoms with van der Waals surface area (Å²) in [5.41, 5.74) is -0.937. The summed E-state index contributed by atoms with van der Waals surface area (Å²) in [6, 6.07) is 3.14. The van der Waals surface area contributed by atoms with Gasteiger partial charge in [0.1, 0.15) is 0 Å². The average molecular weight is 272 g/mol. The van der Waals surface area contributed by atoms with E-state index in [2.05, 4.69) is 15.1 Å². The molecule has 4 nitrogen and oxygen atoms in total. The first-order chi connectivity index (χ1) is 9.04. The number of hydrogen-bond acceptors (Lipinski definition) is 4. The number of aromatic nitrogens is 2. The van der Waals surface area contributed by atoms with Crippen LogP contribution in [0.5, 0.6) is 0 Å². The molecule has 7 heteroatoms. The van der Waals surface area contributed by atoms with E-state index in [1.54, 1.807) is 0 Å². The fourth-order valence-corrected chi connectivity index (χ4v) is 2.40. The summed E-state index contributed by atoms with van der Waals surface area (Å²) < 4.78 is 37.2. The van der Waals surface area contributed by atoms with Crippen LogP contribution in [0.2, 0.25) is 0 Å². The first-order valence-corrected chi connectivity index (χ1v) is 6.44. The molecule has 1 aromatic rings.